The summed E-state index contributed by atoms with van der Waals surface area (Å²) in [5, 5.41) is 7.85. The van der Waals surface area contributed by atoms with Crippen LogP contribution in [0.2, 0.25) is 0 Å². The maximum absolute atomic E-state index is 2.52. The minimum Gasteiger partial charge on any atom is -0.309 e. The molecule has 1 aliphatic carbocycles. The minimum absolute atomic E-state index is 0.121. The first-order valence-corrected chi connectivity index (χ1v) is 15.8. The Kier molecular flexibility index (Phi) is 4.82. The Morgan fingerprint density at radius 1 is 0.422 bits per heavy atom. The monoisotopic (exact) mass is 574 g/mol. The van der Waals surface area contributed by atoms with E-state index in [0.717, 1.165) is 0 Å². The first-order valence-electron chi connectivity index (χ1n) is 15.8. The van der Waals surface area contributed by atoms with Gasteiger partial charge in [0.25, 0.3) is 0 Å². The van der Waals surface area contributed by atoms with Gasteiger partial charge in [-0.2, -0.15) is 0 Å². The summed E-state index contributed by atoms with van der Waals surface area (Å²) >= 11 is 0. The van der Waals surface area contributed by atoms with Crippen molar-refractivity contribution < 1.29 is 0 Å². The number of rotatable bonds is 2. The van der Waals surface area contributed by atoms with Gasteiger partial charge in [0, 0.05) is 32.6 Å². The van der Waals surface area contributed by atoms with Crippen LogP contribution in [-0.2, 0) is 5.41 Å². The topological polar surface area (TPSA) is 9.86 Å². The molecule has 2 aromatic heterocycles. The van der Waals surface area contributed by atoms with E-state index in [-0.39, 0.29) is 5.41 Å². The first kappa shape index (κ1) is 24.8. The second kappa shape index (κ2) is 8.74. The highest BCUT2D eigenvalue weighted by Gasteiger charge is 2.35. The summed E-state index contributed by atoms with van der Waals surface area (Å²) in [5.41, 5.74) is 12.7. The van der Waals surface area contributed by atoms with Crippen LogP contribution in [0.5, 0.6) is 0 Å². The van der Waals surface area contributed by atoms with E-state index in [2.05, 4.69) is 169 Å². The van der Waals surface area contributed by atoms with Crippen LogP contribution in [0.4, 0.5) is 0 Å². The van der Waals surface area contributed by atoms with Gasteiger partial charge in [-0.15, -0.1) is 0 Å². The van der Waals surface area contributed by atoms with Gasteiger partial charge < -0.3 is 9.13 Å². The predicted octanol–water partition coefficient (Wildman–Crippen LogP) is 11.3. The summed E-state index contributed by atoms with van der Waals surface area (Å²) in [6, 6.07) is 53.7. The van der Waals surface area contributed by atoms with Crippen LogP contribution in [0.15, 0.2) is 146 Å². The van der Waals surface area contributed by atoms with Gasteiger partial charge in [0.05, 0.1) is 27.8 Å². The fourth-order valence-electron chi connectivity index (χ4n) is 8.38. The highest BCUT2D eigenvalue weighted by Crippen LogP contribution is 2.53. The van der Waals surface area contributed by atoms with Crippen LogP contribution in [0.3, 0.4) is 0 Å². The lowest BCUT2D eigenvalue weighted by atomic mass is 9.68. The summed E-state index contributed by atoms with van der Waals surface area (Å²) < 4.78 is 4.92. The zero-order valence-electron chi connectivity index (χ0n) is 25.3. The van der Waals surface area contributed by atoms with Gasteiger partial charge in [-0.25, -0.2) is 0 Å². The Morgan fingerprint density at radius 3 is 1.84 bits per heavy atom. The molecule has 0 saturated carbocycles. The number of hydrogen-bond donors (Lipinski definition) is 0. The lowest BCUT2D eigenvalue weighted by Gasteiger charge is -2.35. The highest BCUT2D eigenvalue weighted by molar-refractivity contribution is 6.22. The maximum Gasteiger partial charge on any atom is 0.0562 e. The van der Waals surface area contributed by atoms with Gasteiger partial charge >= 0.3 is 0 Å². The maximum atomic E-state index is 2.52. The normalized spacial score (nSPS) is 13.7. The van der Waals surface area contributed by atoms with Crippen molar-refractivity contribution in [1.82, 2.24) is 9.13 Å². The second-order valence-corrected chi connectivity index (χ2v) is 12.9. The molecule has 9 aromatic rings. The summed E-state index contributed by atoms with van der Waals surface area (Å²) in [6.07, 6.45) is 0. The molecule has 0 fully saturated rings. The molecule has 0 spiro atoms. The molecule has 0 radical (unpaired) electrons. The van der Waals surface area contributed by atoms with Crippen molar-refractivity contribution in [2.45, 2.75) is 19.3 Å². The van der Waals surface area contributed by atoms with E-state index in [9.17, 15) is 0 Å². The van der Waals surface area contributed by atoms with Crippen molar-refractivity contribution in [1.29, 1.82) is 0 Å². The number of aromatic nitrogens is 2. The summed E-state index contributed by atoms with van der Waals surface area (Å²) in [4.78, 5) is 0. The molecule has 212 valence electrons. The lowest BCUT2D eigenvalue weighted by molar-refractivity contribution is 0.646. The molecule has 0 saturated heterocycles. The smallest absolute Gasteiger partial charge is 0.0562 e. The Hall–Kier alpha value is -5.60. The molecule has 0 aliphatic heterocycles. The van der Waals surface area contributed by atoms with E-state index in [0.29, 0.717) is 0 Å². The molecule has 0 atom stereocenters. The molecule has 0 unspecified atom stereocenters. The Bertz CT molecular complexity index is 2660. The van der Waals surface area contributed by atoms with Crippen LogP contribution in [0, 0.1) is 0 Å². The number of hydrogen-bond acceptors (Lipinski definition) is 0. The Balaban J connectivity index is 1.39. The fourth-order valence-corrected chi connectivity index (χ4v) is 8.38. The molecule has 2 heteroatoms. The summed E-state index contributed by atoms with van der Waals surface area (Å²) in [6.45, 7) is 4.78. The number of nitrogens with zero attached hydrogens (tertiary/aromatic N) is 2. The van der Waals surface area contributed by atoms with Crippen molar-refractivity contribution in [3.8, 4) is 22.5 Å². The van der Waals surface area contributed by atoms with Crippen molar-refractivity contribution in [2.24, 2.45) is 0 Å². The number of benzene rings is 7. The molecular weight excluding hydrogens is 544 g/mol. The number of fused-ring (bicyclic) bond motifs is 9. The average Bonchev–Trinajstić information content (AvgIpc) is 3.60. The standard InChI is InChI=1S/C43H30N2/c1-43(2)32-20-11-14-27-13-10-19-31(39(27)32)40-33(43)25-26-38-42(40)30-18-7-9-22-35(30)45(38)37-24-12-23-36-41(37)29-17-6-8-21-34(29)44(36)28-15-4-3-5-16-28/h3-26H,1-2H3. The van der Waals surface area contributed by atoms with Crippen LogP contribution in [0.25, 0.3) is 76.9 Å². The molecule has 7 aromatic carbocycles. The molecule has 2 nitrogen and oxygen atoms in total. The van der Waals surface area contributed by atoms with E-state index in [1.165, 1.54) is 88.0 Å². The van der Waals surface area contributed by atoms with E-state index in [1.807, 2.05) is 0 Å². The quantitative estimate of drug-likeness (QED) is 0.194. The largest absolute Gasteiger partial charge is 0.309 e. The van der Waals surface area contributed by atoms with Crippen LogP contribution in [-0.4, -0.2) is 9.13 Å². The average molecular weight is 575 g/mol. The Morgan fingerprint density at radius 2 is 1.04 bits per heavy atom. The summed E-state index contributed by atoms with van der Waals surface area (Å²) in [5.74, 6) is 0. The van der Waals surface area contributed by atoms with Gasteiger partial charge in [0.1, 0.15) is 0 Å². The molecule has 45 heavy (non-hydrogen) atoms. The zero-order valence-corrected chi connectivity index (χ0v) is 25.3. The molecule has 0 N–H and O–H groups in total. The van der Waals surface area contributed by atoms with E-state index in [4.69, 9.17) is 0 Å². The van der Waals surface area contributed by atoms with Crippen LogP contribution >= 0.6 is 0 Å². The van der Waals surface area contributed by atoms with E-state index >= 15 is 0 Å². The number of para-hydroxylation sites is 3. The molecule has 10 rings (SSSR count). The highest BCUT2D eigenvalue weighted by atomic mass is 15.0. The van der Waals surface area contributed by atoms with Gasteiger partial charge in [0.15, 0.2) is 0 Å². The molecule has 2 heterocycles. The van der Waals surface area contributed by atoms with Crippen molar-refractivity contribution in [2.75, 3.05) is 0 Å². The van der Waals surface area contributed by atoms with Gasteiger partial charge in [-0.3, -0.25) is 0 Å². The molecule has 1 aliphatic rings. The minimum atomic E-state index is -0.121. The first-order chi connectivity index (χ1) is 22.1. The second-order valence-electron chi connectivity index (χ2n) is 12.9. The van der Waals surface area contributed by atoms with Gasteiger partial charge in [-0.05, 0) is 75.5 Å². The van der Waals surface area contributed by atoms with Crippen LogP contribution < -0.4 is 0 Å². The van der Waals surface area contributed by atoms with Crippen LogP contribution in [0.1, 0.15) is 25.0 Å². The third-order valence-electron chi connectivity index (χ3n) is 10.3. The van der Waals surface area contributed by atoms with Crippen molar-refractivity contribution in [3.63, 3.8) is 0 Å². The van der Waals surface area contributed by atoms with Gasteiger partial charge in [-0.1, -0.05) is 117 Å². The van der Waals surface area contributed by atoms with E-state index < -0.39 is 0 Å². The van der Waals surface area contributed by atoms with Gasteiger partial charge in [0.2, 0.25) is 0 Å². The third-order valence-corrected chi connectivity index (χ3v) is 10.3. The lowest BCUT2D eigenvalue weighted by Crippen LogP contribution is -2.23. The molecule has 0 amide bonds. The molecular formula is C43H30N2. The predicted molar refractivity (Wildman–Crippen MR) is 190 cm³/mol. The Labute approximate surface area is 261 Å². The third kappa shape index (κ3) is 3.13. The SMILES string of the molecule is CC1(C)c2ccc3c(c2-c2cccc4cccc1c24)c1ccccc1n3-c1cccc2c1c1ccccc1n2-c1ccccc1. The van der Waals surface area contributed by atoms with Crippen molar-refractivity contribution in [3.05, 3.63) is 157 Å². The van der Waals surface area contributed by atoms with E-state index in [1.54, 1.807) is 0 Å². The molecule has 0 bridgehead atoms. The zero-order chi connectivity index (χ0) is 29.9. The van der Waals surface area contributed by atoms with Crippen molar-refractivity contribution >= 4 is 54.4 Å². The fraction of sp³-hybridized carbons (Fsp3) is 0.0698. The summed E-state index contributed by atoms with van der Waals surface area (Å²) in [7, 11) is 0.